The van der Waals surface area contributed by atoms with Gasteiger partial charge in [-0.15, -0.1) is 0 Å². The van der Waals surface area contributed by atoms with Gasteiger partial charge in [-0.2, -0.15) is 5.26 Å². The first-order valence-corrected chi connectivity index (χ1v) is 16.3. The van der Waals surface area contributed by atoms with Gasteiger partial charge in [0.1, 0.15) is 30.0 Å². The van der Waals surface area contributed by atoms with E-state index < -0.39 is 0 Å². The molecule has 0 bridgehead atoms. The summed E-state index contributed by atoms with van der Waals surface area (Å²) in [6.07, 6.45) is 8.40. The maximum atomic E-state index is 15.0. The molecule has 1 saturated heterocycles. The summed E-state index contributed by atoms with van der Waals surface area (Å²) in [6, 6.07) is 19.7. The van der Waals surface area contributed by atoms with E-state index >= 15 is 4.39 Å². The van der Waals surface area contributed by atoms with E-state index in [1.807, 2.05) is 49.4 Å². The minimum Gasteiger partial charge on any atom is -0.492 e. The molecule has 45 heavy (non-hydrogen) atoms. The molecule has 0 amide bonds. The number of piperidine rings is 1. The van der Waals surface area contributed by atoms with Gasteiger partial charge in [-0.05, 0) is 98.3 Å². The average molecular weight is 624 g/mol. The molecule has 2 aliphatic rings. The second-order valence-electron chi connectivity index (χ2n) is 12.5. The number of pyridine rings is 1. The quantitative estimate of drug-likeness (QED) is 0.176. The fourth-order valence-corrected chi connectivity index (χ4v) is 6.89. The molecule has 0 spiro atoms. The molecule has 2 heterocycles. The highest BCUT2D eigenvalue weighted by molar-refractivity contribution is 6.32. The summed E-state index contributed by atoms with van der Waals surface area (Å²) in [5, 5.41) is 9.85. The number of aryl methyl sites for hydroxylation is 1. The van der Waals surface area contributed by atoms with E-state index in [-0.39, 0.29) is 12.4 Å². The van der Waals surface area contributed by atoms with Crippen LogP contribution in [0.3, 0.4) is 0 Å². The normalized spacial score (nSPS) is 16.7. The Morgan fingerprint density at radius 2 is 1.80 bits per heavy atom. The summed E-state index contributed by atoms with van der Waals surface area (Å²) in [5.41, 5.74) is 7.22. The number of nitriles is 1. The number of aromatic nitrogens is 1. The zero-order chi connectivity index (χ0) is 31.3. The molecular weight excluding hydrogens is 585 g/mol. The highest BCUT2D eigenvalue weighted by atomic mass is 35.5. The minimum atomic E-state index is -0.141. The molecule has 7 heteroatoms. The third-order valence-electron chi connectivity index (χ3n) is 9.30. The van der Waals surface area contributed by atoms with Crippen molar-refractivity contribution in [1.29, 1.82) is 5.26 Å². The predicted octanol–water partition coefficient (Wildman–Crippen LogP) is 9.03. The van der Waals surface area contributed by atoms with Crippen molar-refractivity contribution in [3.8, 4) is 28.7 Å². The Hall–Kier alpha value is -3.92. The van der Waals surface area contributed by atoms with Gasteiger partial charge in [-0.25, -0.2) is 4.39 Å². The largest absolute Gasteiger partial charge is 0.492 e. The summed E-state index contributed by atoms with van der Waals surface area (Å²) < 4.78 is 27.7. The first kappa shape index (κ1) is 31.1. The van der Waals surface area contributed by atoms with Crippen molar-refractivity contribution < 1.29 is 13.9 Å². The summed E-state index contributed by atoms with van der Waals surface area (Å²) in [7, 11) is 0. The Morgan fingerprint density at radius 1 is 1.00 bits per heavy atom. The average Bonchev–Trinajstić information content (AvgIpc) is 3.47. The number of hydrogen-bond donors (Lipinski definition) is 0. The Kier molecular flexibility index (Phi) is 9.68. The lowest BCUT2D eigenvalue weighted by molar-refractivity contribution is 0.182. The van der Waals surface area contributed by atoms with Crippen molar-refractivity contribution in [1.82, 2.24) is 9.88 Å². The van der Waals surface area contributed by atoms with Crippen molar-refractivity contribution in [2.24, 2.45) is 5.92 Å². The number of benzene rings is 3. The molecule has 1 fully saturated rings. The molecule has 0 N–H and O–H groups in total. The number of nitrogens with zero attached hydrogens (tertiary/aromatic N) is 3. The highest BCUT2D eigenvalue weighted by Crippen LogP contribution is 2.42. The van der Waals surface area contributed by atoms with Crippen LogP contribution in [0.1, 0.15) is 71.9 Å². The van der Waals surface area contributed by atoms with Crippen molar-refractivity contribution >= 4 is 11.6 Å². The van der Waals surface area contributed by atoms with Gasteiger partial charge in [-0.3, -0.25) is 9.88 Å². The lowest BCUT2D eigenvalue weighted by Crippen LogP contribution is -2.32. The number of ether oxygens (including phenoxy) is 2. The van der Waals surface area contributed by atoms with Crippen molar-refractivity contribution in [3.63, 3.8) is 0 Å². The second kappa shape index (κ2) is 14.0. The standard InChI is InChI=1S/C38H39ClFN3O2/c1-25-11-14-43(15-12-25)23-30-18-35(39)37(19-36(30)45-24-28-17-27(20-41)21-42-22-28)44-16-13-29-9-10-33-31(29)6-4-7-32(33)34-8-3-5-26(2)38(34)40/h3-8,17-19,21-22,25,29H,9-16,23-24H2,1-2H3. The number of fused-ring (bicyclic) bond motifs is 1. The van der Waals surface area contributed by atoms with E-state index in [0.717, 1.165) is 67.3 Å². The van der Waals surface area contributed by atoms with Crippen LogP contribution in [0.5, 0.6) is 11.5 Å². The van der Waals surface area contributed by atoms with Crippen LogP contribution in [0.25, 0.3) is 11.1 Å². The van der Waals surface area contributed by atoms with Crippen molar-refractivity contribution in [2.45, 2.75) is 65.0 Å². The van der Waals surface area contributed by atoms with Gasteiger partial charge in [0.05, 0.1) is 17.2 Å². The van der Waals surface area contributed by atoms with Crippen LogP contribution < -0.4 is 9.47 Å². The smallest absolute Gasteiger partial charge is 0.141 e. The lowest BCUT2D eigenvalue weighted by Gasteiger charge is -2.30. The number of halogens is 2. The van der Waals surface area contributed by atoms with Crippen molar-refractivity contribution in [3.05, 3.63) is 111 Å². The van der Waals surface area contributed by atoms with Crippen LogP contribution in [0, 0.1) is 30.0 Å². The van der Waals surface area contributed by atoms with Gasteiger partial charge in [0.15, 0.2) is 0 Å². The van der Waals surface area contributed by atoms with Crippen LogP contribution in [0.15, 0.2) is 67.0 Å². The molecule has 1 aromatic heterocycles. The topological polar surface area (TPSA) is 58.4 Å². The summed E-state index contributed by atoms with van der Waals surface area (Å²) in [4.78, 5) is 6.62. The molecule has 4 aromatic rings. The molecule has 0 radical (unpaired) electrons. The molecule has 5 nitrogen and oxygen atoms in total. The highest BCUT2D eigenvalue weighted by Gasteiger charge is 2.26. The minimum absolute atomic E-state index is 0.141. The monoisotopic (exact) mass is 623 g/mol. The van der Waals surface area contributed by atoms with Gasteiger partial charge in [0, 0.05) is 41.7 Å². The number of rotatable bonds is 10. The molecule has 1 unspecified atom stereocenters. The molecule has 0 saturated carbocycles. The first-order valence-electron chi connectivity index (χ1n) is 15.9. The second-order valence-corrected chi connectivity index (χ2v) is 12.9. The molecule has 3 aromatic carbocycles. The lowest BCUT2D eigenvalue weighted by atomic mass is 9.92. The molecule has 1 atom stereocenters. The summed E-state index contributed by atoms with van der Waals surface area (Å²) >= 11 is 6.81. The fraction of sp³-hybridized carbons (Fsp3) is 0.368. The van der Waals surface area contributed by atoms with Crippen molar-refractivity contribution in [2.75, 3.05) is 19.7 Å². The third-order valence-corrected chi connectivity index (χ3v) is 9.60. The number of hydrogen-bond acceptors (Lipinski definition) is 5. The summed E-state index contributed by atoms with van der Waals surface area (Å²) in [6.45, 7) is 7.76. The zero-order valence-electron chi connectivity index (χ0n) is 26.0. The fourth-order valence-electron chi connectivity index (χ4n) is 6.65. The zero-order valence-corrected chi connectivity index (χ0v) is 26.7. The first-order chi connectivity index (χ1) is 21.9. The molecule has 1 aliphatic heterocycles. The van der Waals surface area contributed by atoms with E-state index in [0.29, 0.717) is 40.0 Å². The SMILES string of the molecule is Cc1cccc(-c2cccc3c2CCC3CCOc2cc(OCc3cncc(C#N)c3)c(CN3CCC(C)CC3)cc2Cl)c1F. The van der Waals surface area contributed by atoms with Gasteiger partial charge in [0.2, 0.25) is 0 Å². The molecule has 232 valence electrons. The Labute approximate surface area is 270 Å². The molecule has 1 aliphatic carbocycles. The van der Waals surface area contributed by atoms with E-state index in [1.54, 1.807) is 18.5 Å². The van der Waals surface area contributed by atoms with Gasteiger partial charge in [0.25, 0.3) is 0 Å². The Morgan fingerprint density at radius 3 is 2.62 bits per heavy atom. The Balaban J connectivity index is 1.17. The maximum absolute atomic E-state index is 15.0. The van der Waals surface area contributed by atoms with Crippen LogP contribution in [0.4, 0.5) is 4.39 Å². The summed E-state index contributed by atoms with van der Waals surface area (Å²) in [5.74, 6) is 2.27. The van der Waals surface area contributed by atoms with E-state index in [9.17, 15) is 5.26 Å². The predicted molar refractivity (Wildman–Crippen MR) is 176 cm³/mol. The van der Waals surface area contributed by atoms with Crippen LogP contribution >= 0.6 is 11.6 Å². The molecular formula is C38H39ClFN3O2. The number of likely N-dealkylation sites (tertiary alicyclic amines) is 1. The third kappa shape index (κ3) is 7.16. The maximum Gasteiger partial charge on any atom is 0.141 e. The Bertz CT molecular complexity index is 1710. The van der Waals surface area contributed by atoms with Crippen LogP contribution in [0.2, 0.25) is 5.02 Å². The van der Waals surface area contributed by atoms with E-state index in [1.165, 1.54) is 24.0 Å². The molecule has 6 rings (SSSR count). The van der Waals surface area contributed by atoms with Gasteiger partial charge >= 0.3 is 0 Å². The van der Waals surface area contributed by atoms with Gasteiger partial charge in [-0.1, -0.05) is 54.9 Å². The van der Waals surface area contributed by atoms with Gasteiger partial charge < -0.3 is 9.47 Å². The van der Waals surface area contributed by atoms with Crippen LogP contribution in [-0.4, -0.2) is 29.6 Å². The van der Waals surface area contributed by atoms with E-state index in [4.69, 9.17) is 21.1 Å². The van der Waals surface area contributed by atoms with E-state index in [2.05, 4.69) is 28.9 Å². The van der Waals surface area contributed by atoms with Crippen LogP contribution in [-0.2, 0) is 19.6 Å².